The Bertz CT molecular complexity index is 442. The first-order chi connectivity index (χ1) is 5.68. The van der Waals surface area contributed by atoms with Crippen LogP contribution >= 0.6 is 27.5 Å². The molecule has 0 unspecified atom stereocenters. The number of hydrogen-bond donors (Lipinski definition) is 0. The highest BCUT2D eigenvalue weighted by Gasteiger charge is 2.10. The Morgan fingerprint density at radius 2 is 2.25 bits per heavy atom. The first-order valence-corrected chi connectivity index (χ1v) is 4.25. The smallest absolute Gasteiger partial charge is 0.181 e. The van der Waals surface area contributed by atoms with Gasteiger partial charge in [-0.2, -0.15) is 0 Å². The third kappa shape index (κ3) is 1.11. The van der Waals surface area contributed by atoms with Crippen LogP contribution in [0.4, 0.5) is 4.39 Å². The highest BCUT2D eigenvalue weighted by Crippen LogP contribution is 2.30. The van der Waals surface area contributed by atoms with Gasteiger partial charge in [-0.3, -0.25) is 0 Å². The molecule has 2 nitrogen and oxygen atoms in total. The summed E-state index contributed by atoms with van der Waals surface area (Å²) in [5.41, 5.74) is 0.340. The molecule has 0 aliphatic carbocycles. The van der Waals surface area contributed by atoms with E-state index in [1.54, 1.807) is 0 Å². The molecule has 0 saturated carbocycles. The summed E-state index contributed by atoms with van der Waals surface area (Å²) >= 11 is 8.83. The maximum Gasteiger partial charge on any atom is 0.181 e. The van der Waals surface area contributed by atoms with Gasteiger partial charge in [0.05, 0.1) is 5.39 Å². The number of rotatable bonds is 0. The minimum Gasteiger partial charge on any atom is -0.355 e. The minimum absolute atomic E-state index is 0.233. The molecule has 0 N–H and O–H groups in total. The molecule has 12 heavy (non-hydrogen) atoms. The Balaban J connectivity index is 2.93. The van der Waals surface area contributed by atoms with Gasteiger partial charge in [0, 0.05) is 10.5 Å². The molecule has 1 aromatic heterocycles. The van der Waals surface area contributed by atoms with E-state index in [1.165, 1.54) is 12.1 Å². The molecule has 0 aliphatic heterocycles. The van der Waals surface area contributed by atoms with Crippen LogP contribution in [0.1, 0.15) is 0 Å². The quantitative estimate of drug-likeness (QED) is 0.716. The Kier molecular flexibility index (Phi) is 1.81. The van der Waals surface area contributed by atoms with Crippen LogP contribution in [-0.2, 0) is 0 Å². The zero-order valence-corrected chi connectivity index (χ0v) is 7.99. The lowest BCUT2D eigenvalue weighted by atomic mass is 10.3. The van der Waals surface area contributed by atoms with E-state index < -0.39 is 0 Å². The first-order valence-electron chi connectivity index (χ1n) is 3.08. The molecule has 0 aliphatic rings. The standard InChI is InChI=1S/C7H2BrClFNO/c8-4-1-3(10)2-5-6(4)7(9)11-12-5/h1-2H. The van der Waals surface area contributed by atoms with E-state index in [4.69, 9.17) is 16.1 Å². The third-order valence-electron chi connectivity index (χ3n) is 1.45. The predicted octanol–water partition coefficient (Wildman–Crippen LogP) is 3.38. The second-order valence-electron chi connectivity index (χ2n) is 2.23. The molecule has 0 spiro atoms. The summed E-state index contributed by atoms with van der Waals surface area (Å²) in [5, 5.41) is 4.32. The maximum atomic E-state index is 12.7. The van der Waals surface area contributed by atoms with Crippen molar-refractivity contribution in [2.75, 3.05) is 0 Å². The molecule has 0 fully saturated rings. The molecule has 2 rings (SSSR count). The van der Waals surface area contributed by atoms with Gasteiger partial charge in [-0.05, 0) is 22.0 Å². The van der Waals surface area contributed by atoms with Gasteiger partial charge >= 0.3 is 0 Å². The van der Waals surface area contributed by atoms with E-state index in [2.05, 4.69) is 21.1 Å². The zero-order valence-electron chi connectivity index (χ0n) is 5.64. The predicted molar refractivity (Wildman–Crippen MR) is 46.7 cm³/mol. The van der Waals surface area contributed by atoms with Crippen LogP contribution in [0.25, 0.3) is 11.0 Å². The van der Waals surface area contributed by atoms with E-state index in [1.807, 2.05) is 0 Å². The molecular formula is C7H2BrClFNO. The van der Waals surface area contributed by atoms with Gasteiger partial charge in [-0.25, -0.2) is 4.39 Å². The van der Waals surface area contributed by atoms with Crippen molar-refractivity contribution in [1.82, 2.24) is 5.16 Å². The number of halogens is 3. The molecule has 62 valence electrons. The Morgan fingerprint density at radius 1 is 1.50 bits per heavy atom. The van der Waals surface area contributed by atoms with Crippen molar-refractivity contribution in [3.05, 3.63) is 27.6 Å². The molecule has 1 aromatic carbocycles. The number of hydrogen-bond acceptors (Lipinski definition) is 2. The van der Waals surface area contributed by atoms with Crippen LogP contribution in [0.15, 0.2) is 21.1 Å². The molecule has 0 amide bonds. The fourth-order valence-electron chi connectivity index (χ4n) is 0.957. The summed E-state index contributed by atoms with van der Waals surface area (Å²) in [7, 11) is 0. The Morgan fingerprint density at radius 3 is 3.00 bits per heavy atom. The molecule has 0 bridgehead atoms. The van der Waals surface area contributed by atoms with Gasteiger partial charge in [0.25, 0.3) is 0 Å². The summed E-state index contributed by atoms with van der Waals surface area (Å²) in [6.45, 7) is 0. The Hall–Kier alpha value is -0.610. The van der Waals surface area contributed by atoms with Crippen molar-refractivity contribution < 1.29 is 8.91 Å². The second-order valence-corrected chi connectivity index (χ2v) is 3.45. The van der Waals surface area contributed by atoms with Crippen molar-refractivity contribution in [2.24, 2.45) is 0 Å². The van der Waals surface area contributed by atoms with Crippen LogP contribution in [0.2, 0.25) is 5.15 Å². The van der Waals surface area contributed by atoms with Gasteiger partial charge in [-0.1, -0.05) is 16.8 Å². The van der Waals surface area contributed by atoms with E-state index in [9.17, 15) is 4.39 Å². The maximum absolute atomic E-state index is 12.7. The second kappa shape index (κ2) is 2.71. The van der Waals surface area contributed by atoms with Crippen LogP contribution in [-0.4, -0.2) is 5.16 Å². The summed E-state index contributed by atoms with van der Waals surface area (Å²) in [4.78, 5) is 0. The van der Waals surface area contributed by atoms with Crippen molar-refractivity contribution in [2.45, 2.75) is 0 Å². The van der Waals surface area contributed by atoms with Crippen LogP contribution in [0, 0.1) is 5.82 Å². The molecule has 0 saturated heterocycles. The lowest BCUT2D eigenvalue weighted by molar-refractivity contribution is 0.455. The van der Waals surface area contributed by atoms with E-state index in [0.717, 1.165) is 0 Å². The average Bonchev–Trinajstić information content (AvgIpc) is 2.31. The molecule has 1 heterocycles. The summed E-state index contributed by atoms with van der Waals surface area (Å²) < 4.78 is 18.0. The van der Waals surface area contributed by atoms with Crippen LogP contribution < -0.4 is 0 Å². The largest absolute Gasteiger partial charge is 0.355 e. The normalized spacial score (nSPS) is 10.9. The summed E-state index contributed by atoms with van der Waals surface area (Å²) in [5.74, 6) is -0.387. The number of aromatic nitrogens is 1. The van der Waals surface area contributed by atoms with Gasteiger partial charge in [0.1, 0.15) is 5.82 Å². The lowest BCUT2D eigenvalue weighted by Gasteiger charge is -1.91. The minimum atomic E-state index is -0.387. The lowest BCUT2D eigenvalue weighted by Crippen LogP contribution is -1.74. The van der Waals surface area contributed by atoms with Crippen LogP contribution in [0.5, 0.6) is 0 Å². The van der Waals surface area contributed by atoms with E-state index in [-0.39, 0.29) is 11.0 Å². The Labute approximate surface area is 80.4 Å². The van der Waals surface area contributed by atoms with Gasteiger partial charge in [0.2, 0.25) is 0 Å². The highest BCUT2D eigenvalue weighted by atomic mass is 79.9. The SMILES string of the molecule is Fc1cc(Br)c2c(Cl)noc2c1. The van der Waals surface area contributed by atoms with Crippen molar-refractivity contribution >= 4 is 38.5 Å². The van der Waals surface area contributed by atoms with Crippen molar-refractivity contribution in [3.63, 3.8) is 0 Å². The molecule has 0 radical (unpaired) electrons. The van der Waals surface area contributed by atoms with Crippen molar-refractivity contribution in [3.8, 4) is 0 Å². The molecule has 0 atom stereocenters. The number of fused-ring (bicyclic) bond motifs is 1. The molecule has 5 heteroatoms. The van der Waals surface area contributed by atoms with Gasteiger partial charge in [0.15, 0.2) is 10.7 Å². The number of benzene rings is 1. The zero-order chi connectivity index (χ0) is 8.72. The topological polar surface area (TPSA) is 26.0 Å². The average molecular weight is 250 g/mol. The monoisotopic (exact) mass is 249 g/mol. The fourth-order valence-corrected chi connectivity index (χ4v) is 1.90. The van der Waals surface area contributed by atoms with Crippen LogP contribution in [0.3, 0.4) is 0 Å². The summed E-state index contributed by atoms with van der Waals surface area (Å²) in [6, 6.07) is 2.55. The third-order valence-corrected chi connectivity index (χ3v) is 2.33. The van der Waals surface area contributed by atoms with E-state index >= 15 is 0 Å². The fraction of sp³-hybridized carbons (Fsp3) is 0. The van der Waals surface area contributed by atoms with Gasteiger partial charge in [-0.15, -0.1) is 0 Å². The van der Waals surface area contributed by atoms with E-state index in [0.29, 0.717) is 15.4 Å². The highest BCUT2D eigenvalue weighted by molar-refractivity contribution is 9.10. The van der Waals surface area contributed by atoms with Crippen molar-refractivity contribution in [1.29, 1.82) is 0 Å². The molecular weight excluding hydrogens is 248 g/mol. The first kappa shape index (κ1) is 8.01. The summed E-state index contributed by atoms with van der Waals surface area (Å²) in [6.07, 6.45) is 0. The van der Waals surface area contributed by atoms with Gasteiger partial charge < -0.3 is 4.52 Å². The molecule has 2 aromatic rings. The number of nitrogens with zero attached hydrogens (tertiary/aromatic N) is 1.